The molecule has 0 saturated carbocycles. The van der Waals surface area contributed by atoms with E-state index in [2.05, 4.69) is 25.9 Å². The molecule has 0 spiro atoms. The van der Waals surface area contributed by atoms with Crippen molar-refractivity contribution >= 4 is 50.0 Å². The van der Waals surface area contributed by atoms with Gasteiger partial charge in [-0.05, 0) is 60.8 Å². The van der Waals surface area contributed by atoms with E-state index in [9.17, 15) is 18.3 Å². The molecule has 3 aromatic rings. The smallest absolute Gasteiger partial charge is 0.336 e. The molecule has 1 aliphatic heterocycles. The second-order valence-corrected chi connectivity index (χ2v) is 13.6. The number of halogens is 1. The summed E-state index contributed by atoms with van der Waals surface area (Å²) in [5.41, 5.74) is 4.78. The Kier molecular flexibility index (Phi) is 6.47. The number of allylic oxidation sites excluding steroid dienone is 1. The van der Waals surface area contributed by atoms with Crippen molar-refractivity contribution in [2.45, 2.75) is 59.4 Å². The predicted molar refractivity (Wildman–Crippen MR) is 147 cm³/mol. The molecule has 2 aliphatic rings. The van der Waals surface area contributed by atoms with Crippen LogP contribution in [0.3, 0.4) is 0 Å². The highest BCUT2D eigenvalue weighted by Gasteiger charge is 2.37. The maximum absolute atomic E-state index is 12.6. The van der Waals surface area contributed by atoms with Gasteiger partial charge < -0.3 is 5.11 Å². The number of fused-ring (bicyclic) bond motifs is 2. The number of carbonyl (C=O) groups is 1. The van der Waals surface area contributed by atoms with E-state index in [0.717, 1.165) is 29.5 Å². The summed E-state index contributed by atoms with van der Waals surface area (Å²) in [6.07, 6.45) is 4.81. The number of para-hydroxylation sites is 1. The molecule has 7 nitrogen and oxygen atoms in total. The molecule has 37 heavy (non-hydrogen) atoms. The van der Waals surface area contributed by atoms with Gasteiger partial charge in [0.25, 0.3) is 0 Å². The van der Waals surface area contributed by atoms with Crippen molar-refractivity contribution in [3.8, 4) is 0 Å². The Morgan fingerprint density at radius 1 is 1.27 bits per heavy atom. The number of rotatable bonds is 5. The van der Waals surface area contributed by atoms with Crippen LogP contribution in [0.15, 0.2) is 24.3 Å². The summed E-state index contributed by atoms with van der Waals surface area (Å²) in [5, 5.41) is 16.0. The van der Waals surface area contributed by atoms with Crippen molar-refractivity contribution in [1.82, 2.24) is 14.8 Å². The number of hydrogen-bond donors (Lipinski definition) is 1. The number of benzene rings is 1. The number of hydrogen-bond acceptors (Lipinski definition) is 5. The summed E-state index contributed by atoms with van der Waals surface area (Å²) in [7, 11) is -3.09. The minimum Gasteiger partial charge on any atom is -0.478 e. The van der Waals surface area contributed by atoms with E-state index in [-0.39, 0.29) is 28.9 Å². The minimum atomic E-state index is -3.09. The highest BCUT2D eigenvalue weighted by Crippen LogP contribution is 2.46. The van der Waals surface area contributed by atoms with Crippen molar-refractivity contribution in [2.24, 2.45) is 11.3 Å². The van der Waals surface area contributed by atoms with Gasteiger partial charge in [-0.2, -0.15) is 5.10 Å². The number of sulfone groups is 1. The minimum absolute atomic E-state index is 0.0145. The lowest BCUT2D eigenvalue weighted by Gasteiger charge is -2.38. The molecule has 1 aromatic carbocycles. The van der Waals surface area contributed by atoms with E-state index in [0.29, 0.717) is 45.8 Å². The zero-order valence-corrected chi connectivity index (χ0v) is 23.2. The molecule has 1 fully saturated rings. The average molecular weight is 542 g/mol. The van der Waals surface area contributed by atoms with Gasteiger partial charge in [-0.15, -0.1) is 0 Å². The SMILES string of the molecule is CCC(C)(C)[C@@H]1C/C(=C\c2c(C)nn([C@H]3CCS(=O)(=O)C3)c2Cl)c2nc3ccccc3c(C(=O)O)c2C1. The zero-order chi connectivity index (χ0) is 26.7. The fourth-order valence-electron chi connectivity index (χ4n) is 5.69. The van der Waals surface area contributed by atoms with Crippen molar-refractivity contribution in [1.29, 1.82) is 0 Å². The number of carboxylic acid groups (broad SMARTS) is 1. The molecule has 0 unspecified atom stereocenters. The molecule has 1 saturated heterocycles. The number of aryl methyl sites for hydroxylation is 1. The van der Waals surface area contributed by atoms with Gasteiger partial charge in [-0.3, -0.25) is 0 Å². The van der Waals surface area contributed by atoms with Gasteiger partial charge in [0.05, 0.1) is 40.0 Å². The van der Waals surface area contributed by atoms with E-state index in [1.807, 2.05) is 37.3 Å². The summed E-state index contributed by atoms with van der Waals surface area (Å²) in [4.78, 5) is 17.5. The molecule has 3 heterocycles. The maximum atomic E-state index is 12.6. The second kappa shape index (κ2) is 9.24. The van der Waals surface area contributed by atoms with Crippen LogP contribution in [0.2, 0.25) is 5.15 Å². The van der Waals surface area contributed by atoms with Gasteiger partial charge in [0, 0.05) is 10.9 Å². The fourth-order valence-corrected chi connectivity index (χ4v) is 7.75. The standard InChI is InChI=1S/C28H32ClN3O4S/c1-5-28(3,4)18-12-17(13-21-16(2)31-32(26(21)29)19-10-11-37(35,36)15-19)25-22(14-18)24(27(33)34)20-8-6-7-9-23(20)30-25/h6-9,13,18-19H,5,10-12,14-15H2,1-4H3,(H,33,34)/b17-13+/t18-,19+/m1/s1. The number of nitrogens with zero attached hydrogens (tertiary/aromatic N) is 3. The highest BCUT2D eigenvalue weighted by molar-refractivity contribution is 7.91. The normalized spacial score (nSPS) is 22.5. The Hall–Kier alpha value is -2.71. The van der Waals surface area contributed by atoms with E-state index < -0.39 is 15.8 Å². The number of pyridine rings is 1. The molecule has 2 atom stereocenters. The van der Waals surface area contributed by atoms with Crippen molar-refractivity contribution in [3.63, 3.8) is 0 Å². The first-order chi connectivity index (χ1) is 17.4. The number of aromatic carboxylic acids is 1. The third-order valence-electron chi connectivity index (χ3n) is 8.39. The van der Waals surface area contributed by atoms with Gasteiger partial charge in [-0.25, -0.2) is 22.9 Å². The second-order valence-electron chi connectivity index (χ2n) is 11.0. The van der Waals surface area contributed by atoms with Gasteiger partial charge in [0.1, 0.15) is 5.15 Å². The first kappa shape index (κ1) is 25.9. The van der Waals surface area contributed by atoms with E-state index in [1.54, 1.807) is 4.68 Å². The Bertz CT molecular complexity index is 1560. The van der Waals surface area contributed by atoms with Crippen LogP contribution in [0.1, 0.15) is 78.9 Å². The summed E-state index contributed by atoms with van der Waals surface area (Å²) < 4.78 is 25.8. The van der Waals surface area contributed by atoms with Crippen molar-refractivity contribution in [3.05, 3.63) is 57.5 Å². The van der Waals surface area contributed by atoms with Crippen LogP contribution in [0, 0.1) is 18.3 Å². The molecule has 1 aliphatic carbocycles. The van der Waals surface area contributed by atoms with Crippen LogP contribution >= 0.6 is 11.6 Å². The Morgan fingerprint density at radius 3 is 2.65 bits per heavy atom. The third-order valence-corrected chi connectivity index (χ3v) is 10.5. The highest BCUT2D eigenvalue weighted by atomic mass is 35.5. The van der Waals surface area contributed by atoms with Gasteiger partial charge in [0.15, 0.2) is 9.84 Å². The van der Waals surface area contributed by atoms with Crippen LogP contribution in [0.25, 0.3) is 22.6 Å². The van der Waals surface area contributed by atoms with E-state index in [1.165, 1.54) is 0 Å². The van der Waals surface area contributed by atoms with Crippen LogP contribution in [-0.2, 0) is 16.3 Å². The first-order valence-corrected chi connectivity index (χ1v) is 14.9. The maximum Gasteiger partial charge on any atom is 0.336 e. The zero-order valence-electron chi connectivity index (χ0n) is 21.6. The number of aromatic nitrogens is 3. The third kappa shape index (κ3) is 4.59. The van der Waals surface area contributed by atoms with Gasteiger partial charge in [0.2, 0.25) is 0 Å². The lowest BCUT2D eigenvalue weighted by atomic mass is 9.67. The summed E-state index contributed by atoms with van der Waals surface area (Å²) in [5.74, 6) is -0.561. The van der Waals surface area contributed by atoms with Gasteiger partial charge >= 0.3 is 5.97 Å². The monoisotopic (exact) mass is 541 g/mol. The van der Waals surface area contributed by atoms with Gasteiger partial charge in [-0.1, -0.05) is 57.0 Å². The molecule has 5 rings (SSSR count). The molecular weight excluding hydrogens is 510 g/mol. The molecule has 0 radical (unpaired) electrons. The quantitative estimate of drug-likeness (QED) is 0.425. The van der Waals surface area contributed by atoms with Crippen molar-refractivity contribution in [2.75, 3.05) is 11.5 Å². The molecule has 196 valence electrons. The Labute approximate surface area is 222 Å². The predicted octanol–water partition coefficient (Wildman–Crippen LogP) is 5.99. The largest absolute Gasteiger partial charge is 0.478 e. The van der Waals surface area contributed by atoms with Crippen molar-refractivity contribution < 1.29 is 18.3 Å². The molecule has 2 aromatic heterocycles. The Balaban J connectivity index is 1.71. The summed E-state index contributed by atoms with van der Waals surface area (Å²) >= 11 is 6.83. The summed E-state index contributed by atoms with van der Waals surface area (Å²) in [6, 6.07) is 7.10. The van der Waals surface area contributed by atoms with Crippen LogP contribution < -0.4 is 0 Å². The van der Waals surface area contributed by atoms with Crippen LogP contribution in [-0.4, -0.2) is 45.8 Å². The molecule has 9 heteroatoms. The summed E-state index contributed by atoms with van der Waals surface area (Å²) in [6.45, 7) is 8.49. The average Bonchev–Trinajstić information content (AvgIpc) is 3.35. The lowest BCUT2D eigenvalue weighted by molar-refractivity contribution is 0.0696. The fraction of sp³-hybridized carbons (Fsp3) is 0.464. The molecule has 0 bridgehead atoms. The molecule has 0 amide bonds. The Morgan fingerprint density at radius 2 is 2.00 bits per heavy atom. The van der Waals surface area contributed by atoms with E-state index >= 15 is 0 Å². The first-order valence-electron chi connectivity index (χ1n) is 12.7. The molecular formula is C28H32ClN3O4S. The van der Waals surface area contributed by atoms with Crippen LogP contribution in [0.4, 0.5) is 0 Å². The number of carboxylic acids is 1. The van der Waals surface area contributed by atoms with E-state index in [4.69, 9.17) is 16.6 Å². The molecule has 1 N–H and O–H groups in total. The topological polar surface area (TPSA) is 102 Å². The lowest BCUT2D eigenvalue weighted by Crippen LogP contribution is -2.30. The van der Waals surface area contributed by atoms with Crippen LogP contribution in [0.5, 0.6) is 0 Å².